The van der Waals surface area contributed by atoms with Gasteiger partial charge in [0.05, 0.1) is 6.20 Å². The molecule has 0 radical (unpaired) electrons. The zero-order chi connectivity index (χ0) is 12.4. The Kier molecular flexibility index (Phi) is 3.09. The van der Waals surface area contributed by atoms with Gasteiger partial charge >= 0.3 is 0 Å². The van der Waals surface area contributed by atoms with Crippen LogP contribution in [0.1, 0.15) is 18.1 Å². The third-order valence-electron chi connectivity index (χ3n) is 2.88. The highest BCUT2D eigenvalue weighted by molar-refractivity contribution is 5.79. The molecule has 17 heavy (non-hydrogen) atoms. The number of hydrogen-bond acceptors (Lipinski definition) is 2. The van der Waals surface area contributed by atoms with Gasteiger partial charge in [-0.05, 0) is 36.6 Å². The fourth-order valence-corrected chi connectivity index (χ4v) is 1.91. The molecule has 2 nitrogen and oxygen atoms in total. The number of anilines is 1. The molecule has 0 unspecified atom stereocenters. The lowest BCUT2D eigenvalue weighted by molar-refractivity contribution is 0.623. The number of pyridine rings is 1. The zero-order valence-corrected chi connectivity index (χ0v) is 10.00. The lowest BCUT2D eigenvalue weighted by Gasteiger charge is -2.11. The number of nitrogens with two attached hydrogens (primary N) is 1. The Hall–Kier alpha value is -1.90. The minimum Gasteiger partial charge on any atom is -0.398 e. The summed E-state index contributed by atoms with van der Waals surface area (Å²) < 4.78 is 13.8. The summed E-state index contributed by atoms with van der Waals surface area (Å²) in [7, 11) is 0. The summed E-state index contributed by atoms with van der Waals surface area (Å²) in [5.74, 6) is -0.329. The Balaban J connectivity index is 2.67. The van der Waals surface area contributed by atoms with E-state index in [4.69, 9.17) is 5.73 Å². The van der Waals surface area contributed by atoms with Crippen LogP contribution in [0.3, 0.4) is 0 Å². The molecule has 0 fully saturated rings. The van der Waals surface area contributed by atoms with Crippen LogP contribution in [0.5, 0.6) is 0 Å². The first-order valence-electron chi connectivity index (χ1n) is 5.62. The first-order valence-corrected chi connectivity index (χ1v) is 5.62. The largest absolute Gasteiger partial charge is 0.398 e. The van der Waals surface area contributed by atoms with Gasteiger partial charge in [-0.3, -0.25) is 4.98 Å². The highest BCUT2D eigenvalue weighted by Gasteiger charge is 2.12. The predicted molar refractivity (Wildman–Crippen MR) is 68.2 cm³/mol. The fourth-order valence-electron chi connectivity index (χ4n) is 1.91. The number of rotatable bonds is 2. The third-order valence-corrected chi connectivity index (χ3v) is 2.88. The van der Waals surface area contributed by atoms with Crippen molar-refractivity contribution in [1.82, 2.24) is 4.98 Å². The Morgan fingerprint density at radius 3 is 2.71 bits per heavy atom. The van der Waals surface area contributed by atoms with Gasteiger partial charge in [0.1, 0.15) is 5.82 Å². The number of halogens is 1. The molecule has 0 aliphatic heterocycles. The first-order chi connectivity index (χ1) is 8.13. The van der Waals surface area contributed by atoms with Crippen LogP contribution >= 0.6 is 0 Å². The van der Waals surface area contributed by atoms with Crippen LogP contribution in [0.15, 0.2) is 30.6 Å². The smallest absolute Gasteiger partial charge is 0.149 e. The molecule has 2 aromatic rings. The molecule has 0 saturated carbocycles. The Morgan fingerprint density at radius 2 is 2.06 bits per heavy atom. The van der Waals surface area contributed by atoms with Crippen LogP contribution < -0.4 is 5.73 Å². The van der Waals surface area contributed by atoms with E-state index in [1.165, 1.54) is 6.20 Å². The summed E-state index contributed by atoms with van der Waals surface area (Å²) in [5.41, 5.74) is 9.76. The first kappa shape index (κ1) is 11.6. The van der Waals surface area contributed by atoms with Crippen LogP contribution in [0.2, 0.25) is 0 Å². The lowest BCUT2D eigenvalue weighted by Crippen LogP contribution is -1.97. The highest BCUT2D eigenvalue weighted by atomic mass is 19.1. The monoisotopic (exact) mass is 230 g/mol. The SMILES string of the molecule is CCc1ccc(N)c(-c2c(C)cncc2F)c1. The lowest BCUT2D eigenvalue weighted by atomic mass is 9.97. The van der Waals surface area contributed by atoms with E-state index in [0.717, 1.165) is 23.1 Å². The van der Waals surface area contributed by atoms with Crippen molar-refractivity contribution in [3.05, 3.63) is 47.5 Å². The molecule has 0 aliphatic rings. The van der Waals surface area contributed by atoms with Gasteiger partial charge in [0, 0.05) is 23.0 Å². The molecule has 0 bridgehead atoms. The number of nitrogen functional groups attached to an aromatic ring is 1. The van der Waals surface area contributed by atoms with E-state index in [9.17, 15) is 4.39 Å². The maximum atomic E-state index is 13.8. The summed E-state index contributed by atoms with van der Waals surface area (Å²) in [6, 6.07) is 5.74. The molecule has 1 aromatic carbocycles. The van der Waals surface area contributed by atoms with Crippen molar-refractivity contribution >= 4 is 5.69 Å². The molecule has 0 aliphatic carbocycles. The van der Waals surface area contributed by atoms with Crippen LogP contribution in [-0.2, 0) is 6.42 Å². The van der Waals surface area contributed by atoms with E-state index in [-0.39, 0.29) is 5.82 Å². The van der Waals surface area contributed by atoms with Gasteiger partial charge in [0.2, 0.25) is 0 Å². The van der Waals surface area contributed by atoms with Crippen molar-refractivity contribution < 1.29 is 4.39 Å². The molecule has 3 heteroatoms. The van der Waals surface area contributed by atoms with Gasteiger partial charge in [-0.15, -0.1) is 0 Å². The average Bonchev–Trinajstić information content (AvgIpc) is 2.31. The van der Waals surface area contributed by atoms with Crippen molar-refractivity contribution in [2.75, 3.05) is 5.73 Å². The minimum absolute atomic E-state index is 0.329. The van der Waals surface area contributed by atoms with E-state index in [1.54, 1.807) is 6.20 Å². The van der Waals surface area contributed by atoms with Crippen LogP contribution in [-0.4, -0.2) is 4.98 Å². The maximum Gasteiger partial charge on any atom is 0.149 e. The van der Waals surface area contributed by atoms with Gasteiger partial charge in [0.15, 0.2) is 0 Å². The van der Waals surface area contributed by atoms with Gasteiger partial charge in [0.25, 0.3) is 0 Å². The number of aromatic nitrogens is 1. The number of benzene rings is 1. The number of hydrogen-bond donors (Lipinski definition) is 1. The van der Waals surface area contributed by atoms with Crippen LogP contribution in [0, 0.1) is 12.7 Å². The molecule has 1 heterocycles. The van der Waals surface area contributed by atoms with E-state index in [0.29, 0.717) is 11.3 Å². The van der Waals surface area contributed by atoms with Crippen LogP contribution in [0.4, 0.5) is 10.1 Å². The highest BCUT2D eigenvalue weighted by Crippen LogP contribution is 2.31. The number of aryl methyl sites for hydroxylation is 2. The van der Waals surface area contributed by atoms with E-state index >= 15 is 0 Å². The van der Waals surface area contributed by atoms with Gasteiger partial charge in [-0.25, -0.2) is 4.39 Å². The minimum atomic E-state index is -0.329. The molecule has 2 rings (SSSR count). The summed E-state index contributed by atoms with van der Waals surface area (Å²) in [6.07, 6.45) is 3.77. The maximum absolute atomic E-state index is 13.8. The molecular formula is C14H15FN2. The Morgan fingerprint density at radius 1 is 1.29 bits per heavy atom. The van der Waals surface area contributed by atoms with E-state index < -0.39 is 0 Å². The van der Waals surface area contributed by atoms with Gasteiger partial charge in [-0.1, -0.05) is 13.0 Å². The predicted octanol–water partition coefficient (Wildman–Crippen LogP) is 3.34. The van der Waals surface area contributed by atoms with Gasteiger partial charge in [-0.2, -0.15) is 0 Å². The summed E-state index contributed by atoms with van der Waals surface area (Å²) >= 11 is 0. The molecular weight excluding hydrogens is 215 g/mol. The van der Waals surface area contributed by atoms with Crippen molar-refractivity contribution in [3.63, 3.8) is 0 Å². The van der Waals surface area contributed by atoms with Gasteiger partial charge < -0.3 is 5.73 Å². The molecule has 0 spiro atoms. The van der Waals surface area contributed by atoms with E-state index in [1.807, 2.05) is 25.1 Å². The van der Waals surface area contributed by atoms with Crippen molar-refractivity contribution in [1.29, 1.82) is 0 Å². The molecule has 88 valence electrons. The standard InChI is InChI=1S/C14H15FN2/c1-3-10-4-5-13(16)11(6-10)14-9(2)7-17-8-12(14)15/h4-8H,3,16H2,1-2H3. The topological polar surface area (TPSA) is 38.9 Å². The molecule has 0 atom stereocenters. The third kappa shape index (κ3) is 2.13. The quantitative estimate of drug-likeness (QED) is 0.803. The molecule has 2 N–H and O–H groups in total. The van der Waals surface area contributed by atoms with Crippen molar-refractivity contribution in [3.8, 4) is 11.1 Å². The Bertz CT molecular complexity index is 530. The summed E-state index contributed by atoms with van der Waals surface area (Å²) in [4.78, 5) is 3.83. The van der Waals surface area contributed by atoms with E-state index in [2.05, 4.69) is 11.9 Å². The van der Waals surface area contributed by atoms with Crippen molar-refractivity contribution in [2.24, 2.45) is 0 Å². The average molecular weight is 230 g/mol. The second kappa shape index (κ2) is 4.53. The molecule has 0 amide bonds. The van der Waals surface area contributed by atoms with Crippen molar-refractivity contribution in [2.45, 2.75) is 20.3 Å². The summed E-state index contributed by atoms with van der Waals surface area (Å²) in [6.45, 7) is 3.90. The normalized spacial score (nSPS) is 10.5. The number of nitrogens with zero attached hydrogens (tertiary/aromatic N) is 1. The second-order valence-corrected chi connectivity index (χ2v) is 4.09. The fraction of sp³-hybridized carbons (Fsp3) is 0.214. The van der Waals surface area contributed by atoms with Crippen LogP contribution in [0.25, 0.3) is 11.1 Å². The zero-order valence-electron chi connectivity index (χ0n) is 10.00. The summed E-state index contributed by atoms with van der Waals surface area (Å²) in [5, 5.41) is 0. The molecule has 0 saturated heterocycles. The second-order valence-electron chi connectivity index (χ2n) is 4.09. The molecule has 1 aromatic heterocycles. The Labute approximate surface area is 100 Å².